The number of nitrogens with one attached hydrogen (secondary N) is 1. The van der Waals surface area contributed by atoms with Gasteiger partial charge in [0.25, 0.3) is 0 Å². The first-order valence-corrected chi connectivity index (χ1v) is 9.91. The van der Waals surface area contributed by atoms with Gasteiger partial charge in [0, 0.05) is 29.1 Å². The Morgan fingerprint density at radius 2 is 1.88 bits per heavy atom. The summed E-state index contributed by atoms with van der Waals surface area (Å²) < 4.78 is 6.68. The molecule has 0 aliphatic heterocycles. The normalized spacial score (nSPS) is 11.0. The third-order valence-corrected chi connectivity index (χ3v) is 5.05. The standard InChI is InChI=1S/C23H19N7O2/c1-32-17-9-8-16(25-13-17)11-18-27-22-20(15-7-10-19(31)26-12-15)21(14-5-3-2-4-6-14)28-23(24)30(22)29-18/h2-10,12-13H,11H2,1H3,(H2,24,28)(H,26,31). The number of hydrogen-bond acceptors (Lipinski definition) is 7. The van der Waals surface area contributed by atoms with Crippen LogP contribution < -0.4 is 16.0 Å². The Balaban J connectivity index is 1.69. The molecule has 0 radical (unpaired) electrons. The molecule has 0 unspecified atom stereocenters. The SMILES string of the molecule is COc1ccc(Cc2nc3c(-c4ccc(=O)[nH]c4)c(-c4ccccc4)nc(N)n3n2)nc1. The van der Waals surface area contributed by atoms with E-state index in [0.29, 0.717) is 29.3 Å². The topological polar surface area (TPSA) is 124 Å². The van der Waals surface area contributed by atoms with E-state index in [0.717, 1.165) is 22.4 Å². The summed E-state index contributed by atoms with van der Waals surface area (Å²) in [7, 11) is 1.60. The average molecular weight is 425 g/mol. The lowest BCUT2D eigenvalue weighted by atomic mass is 10.0. The molecule has 3 N–H and O–H groups in total. The number of aromatic amines is 1. The fraction of sp³-hybridized carbons (Fsp3) is 0.0870. The second-order valence-corrected chi connectivity index (χ2v) is 7.13. The van der Waals surface area contributed by atoms with Crippen LogP contribution in [0.15, 0.2) is 71.8 Å². The van der Waals surface area contributed by atoms with Crippen molar-refractivity contribution in [1.29, 1.82) is 0 Å². The number of pyridine rings is 2. The Morgan fingerprint density at radius 1 is 1.03 bits per heavy atom. The van der Waals surface area contributed by atoms with Gasteiger partial charge in [-0.05, 0) is 18.2 Å². The van der Waals surface area contributed by atoms with Crippen LogP contribution in [0.3, 0.4) is 0 Å². The smallest absolute Gasteiger partial charge is 0.247 e. The van der Waals surface area contributed by atoms with E-state index in [1.807, 2.05) is 42.5 Å². The fourth-order valence-corrected chi connectivity index (χ4v) is 3.51. The van der Waals surface area contributed by atoms with Crippen LogP contribution in [0.25, 0.3) is 28.0 Å². The van der Waals surface area contributed by atoms with Gasteiger partial charge in [-0.25, -0.2) is 9.97 Å². The lowest BCUT2D eigenvalue weighted by molar-refractivity contribution is 0.412. The van der Waals surface area contributed by atoms with Gasteiger partial charge in [-0.3, -0.25) is 9.78 Å². The first-order valence-electron chi connectivity index (χ1n) is 9.91. The molecule has 5 rings (SSSR count). The highest BCUT2D eigenvalue weighted by molar-refractivity contribution is 5.90. The second kappa shape index (κ2) is 7.95. The molecule has 9 nitrogen and oxygen atoms in total. The van der Waals surface area contributed by atoms with Gasteiger partial charge in [-0.2, -0.15) is 4.52 Å². The number of rotatable bonds is 5. The van der Waals surface area contributed by atoms with E-state index in [2.05, 4.69) is 20.1 Å². The Morgan fingerprint density at radius 3 is 2.56 bits per heavy atom. The summed E-state index contributed by atoms with van der Waals surface area (Å²) in [4.78, 5) is 28.1. The quantitative estimate of drug-likeness (QED) is 0.444. The van der Waals surface area contributed by atoms with Crippen molar-refractivity contribution in [2.75, 3.05) is 12.8 Å². The van der Waals surface area contributed by atoms with Gasteiger partial charge in [0.15, 0.2) is 11.5 Å². The van der Waals surface area contributed by atoms with Gasteiger partial charge in [0.05, 0.1) is 31.0 Å². The summed E-state index contributed by atoms with van der Waals surface area (Å²) in [5.41, 5.74) is 10.4. The Hall–Kier alpha value is -4.53. The summed E-state index contributed by atoms with van der Waals surface area (Å²) in [5.74, 6) is 1.44. The summed E-state index contributed by atoms with van der Waals surface area (Å²) >= 11 is 0. The zero-order chi connectivity index (χ0) is 22.1. The third-order valence-electron chi connectivity index (χ3n) is 5.05. The van der Waals surface area contributed by atoms with Crippen molar-refractivity contribution in [3.63, 3.8) is 0 Å². The minimum Gasteiger partial charge on any atom is -0.495 e. The number of nitrogen functional groups attached to an aromatic ring is 1. The van der Waals surface area contributed by atoms with Crippen molar-refractivity contribution < 1.29 is 4.74 Å². The van der Waals surface area contributed by atoms with E-state index in [1.54, 1.807) is 25.6 Å². The van der Waals surface area contributed by atoms with Crippen LogP contribution in [-0.4, -0.2) is 36.7 Å². The van der Waals surface area contributed by atoms with Crippen molar-refractivity contribution >= 4 is 11.6 Å². The lowest BCUT2D eigenvalue weighted by Gasteiger charge is -2.11. The largest absolute Gasteiger partial charge is 0.495 e. The lowest BCUT2D eigenvalue weighted by Crippen LogP contribution is -2.07. The third kappa shape index (κ3) is 3.56. The molecule has 32 heavy (non-hydrogen) atoms. The molecule has 0 spiro atoms. The van der Waals surface area contributed by atoms with E-state index in [-0.39, 0.29) is 11.5 Å². The molecule has 0 saturated carbocycles. The average Bonchev–Trinajstić information content (AvgIpc) is 3.25. The van der Waals surface area contributed by atoms with E-state index in [4.69, 9.17) is 15.5 Å². The number of benzene rings is 1. The van der Waals surface area contributed by atoms with Crippen molar-refractivity contribution in [2.45, 2.75) is 6.42 Å². The Labute approximate surface area is 182 Å². The van der Waals surface area contributed by atoms with Crippen molar-refractivity contribution in [1.82, 2.24) is 29.5 Å². The number of methoxy groups -OCH3 is 1. The molecule has 4 heterocycles. The molecular formula is C23H19N7O2. The molecule has 0 aliphatic carbocycles. The van der Waals surface area contributed by atoms with Gasteiger partial charge in [-0.1, -0.05) is 30.3 Å². The van der Waals surface area contributed by atoms with Gasteiger partial charge < -0.3 is 15.5 Å². The molecule has 0 aliphatic rings. The summed E-state index contributed by atoms with van der Waals surface area (Å²) in [5, 5.41) is 4.56. The van der Waals surface area contributed by atoms with Crippen LogP contribution in [0.1, 0.15) is 11.5 Å². The number of nitrogens with zero attached hydrogens (tertiary/aromatic N) is 5. The van der Waals surface area contributed by atoms with E-state index < -0.39 is 0 Å². The molecule has 5 aromatic rings. The first-order chi connectivity index (χ1) is 15.6. The number of hydrogen-bond donors (Lipinski definition) is 2. The molecule has 0 fully saturated rings. The highest BCUT2D eigenvalue weighted by atomic mass is 16.5. The maximum atomic E-state index is 11.6. The Kier molecular flexibility index (Phi) is 4.83. The van der Waals surface area contributed by atoms with Crippen molar-refractivity contribution in [2.24, 2.45) is 0 Å². The molecule has 1 aromatic carbocycles. The molecule has 0 atom stereocenters. The minimum atomic E-state index is -0.192. The van der Waals surface area contributed by atoms with Gasteiger partial charge in [0.1, 0.15) is 5.75 Å². The summed E-state index contributed by atoms with van der Waals surface area (Å²) in [6.45, 7) is 0. The maximum absolute atomic E-state index is 11.6. The van der Waals surface area contributed by atoms with E-state index >= 15 is 0 Å². The molecular weight excluding hydrogens is 406 g/mol. The zero-order valence-electron chi connectivity index (χ0n) is 17.2. The van der Waals surface area contributed by atoms with Crippen LogP contribution in [0, 0.1) is 0 Å². The Bertz CT molecular complexity index is 1440. The second-order valence-electron chi connectivity index (χ2n) is 7.13. The predicted molar refractivity (Wildman–Crippen MR) is 120 cm³/mol. The number of H-pyrrole nitrogens is 1. The molecule has 0 amide bonds. The zero-order valence-corrected chi connectivity index (χ0v) is 17.2. The van der Waals surface area contributed by atoms with Crippen LogP contribution in [0.5, 0.6) is 5.75 Å². The maximum Gasteiger partial charge on any atom is 0.247 e. The molecule has 0 saturated heterocycles. The number of nitrogens with two attached hydrogens (primary N) is 1. The summed E-state index contributed by atoms with van der Waals surface area (Å²) in [6, 6.07) is 16.6. The van der Waals surface area contributed by atoms with Gasteiger partial charge in [0.2, 0.25) is 11.5 Å². The molecule has 158 valence electrons. The van der Waals surface area contributed by atoms with E-state index in [1.165, 1.54) is 10.6 Å². The van der Waals surface area contributed by atoms with Gasteiger partial charge >= 0.3 is 0 Å². The highest BCUT2D eigenvalue weighted by Gasteiger charge is 2.20. The number of ether oxygens (including phenoxy) is 1. The van der Waals surface area contributed by atoms with Crippen molar-refractivity contribution in [3.05, 3.63) is 88.9 Å². The highest BCUT2D eigenvalue weighted by Crippen LogP contribution is 2.34. The van der Waals surface area contributed by atoms with Crippen molar-refractivity contribution in [3.8, 4) is 28.1 Å². The number of fused-ring (bicyclic) bond motifs is 1. The van der Waals surface area contributed by atoms with Crippen LogP contribution in [0.2, 0.25) is 0 Å². The number of anilines is 1. The van der Waals surface area contributed by atoms with E-state index in [9.17, 15) is 4.79 Å². The van der Waals surface area contributed by atoms with Crippen LogP contribution >= 0.6 is 0 Å². The van der Waals surface area contributed by atoms with Crippen LogP contribution in [0.4, 0.5) is 5.95 Å². The van der Waals surface area contributed by atoms with Gasteiger partial charge in [-0.15, -0.1) is 5.10 Å². The predicted octanol–water partition coefficient (Wildman–Crippen LogP) is 2.72. The number of aromatic nitrogens is 6. The summed E-state index contributed by atoms with van der Waals surface area (Å²) in [6.07, 6.45) is 3.71. The fourth-order valence-electron chi connectivity index (χ4n) is 3.51. The minimum absolute atomic E-state index is 0.192. The molecule has 9 heteroatoms. The molecule has 0 bridgehead atoms. The van der Waals surface area contributed by atoms with Crippen LogP contribution in [-0.2, 0) is 6.42 Å². The monoisotopic (exact) mass is 425 g/mol. The molecule has 4 aromatic heterocycles. The first kappa shape index (κ1) is 19.4.